The van der Waals surface area contributed by atoms with Gasteiger partial charge in [-0.25, -0.2) is 9.48 Å². The number of nitrogens with zero attached hydrogens (tertiary/aromatic N) is 4. The minimum absolute atomic E-state index is 0.0532. The van der Waals surface area contributed by atoms with Crippen LogP contribution in [0.4, 0.5) is 10.6 Å². The molecule has 0 saturated carbocycles. The van der Waals surface area contributed by atoms with Crippen molar-refractivity contribution in [1.82, 2.24) is 14.7 Å². The van der Waals surface area contributed by atoms with Crippen molar-refractivity contribution in [2.45, 2.75) is 38.8 Å². The van der Waals surface area contributed by atoms with Gasteiger partial charge in [-0.3, -0.25) is 0 Å². The number of nitrogens with one attached hydrogen (secondary N) is 1. The average Bonchev–Trinajstić information content (AvgIpc) is 3.07. The molecule has 2 rings (SSSR count). The van der Waals surface area contributed by atoms with Crippen molar-refractivity contribution in [2.75, 3.05) is 31.6 Å². The highest BCUT2D eigenvalue weighted by Crippen LogP contribution is 2.31. The molecular formula is C15H22BrN5O3. The van der Waals surface area contributed by atoms with E-state index in [1.807, 2.05) is 20.8 Å². The number of amides is 1. The first kappa shape index (κ1) is 18.5. The van der Waals surface area contributed by atoms with Gasteiger partial charge in [-0.1, -0.05) is 0 Å². The van der Waals surface area contributed by atoms with Crippen molar-refractivity contribution in [3.05, 3.63) is 10.2 Å². The van der Waals surface area contributed by atoms with Crippen LogP contribution in [0.3, 0.4) is 0 Å². The molecule has 24 heavy (non-hydrogen) atoms. The maximum atomic E-state index is 12.2. The third kappa shape index (κ3) is 4.19. The number of ether oxygens (including phenoxy) is 1. The standard InChI is InChI=1S/C15H22BrN5O3/c1-15(2,3)24-14(23)20-6-4-10(9-20)21-13(18-5-7-22)11(8-17)12(16)19-21/h10,18,22H,4-7,9H2,1-3H3/t10-/m0/s1. The van der Waals surface area contributed by atoms with Crippen LogP contribution in [-0.2, 0) is 4.74 Å². The second-order valence-corrected chi connectivity index (χ2v) is 7.34. The van der Waals surface area contributed by atoms with Crippen molar-refractivity contribution < 1.29 is 14.6 Å². The van der Waals surface area contributed by atoms with Crippen molar-refractivity contribution >= 4 is 27.8 Å². The molecule has 0 bridgehead atoms. The van der Waals surface area contributed by atoms with Crippen LogP contribution < -0.4 is 5.32 Å². The number of carbonyl (C=O) groups excluding carboxylic acids is 1. The smallest absolute Gasteiger partial charge is 0.410 e. The Bertz CT molecular complexity index is 647. The SMILES string of the molecule is CC(C)(C)OC(=O)N1CC[C@H](n2nc(Br)c(C#N)c2NCCO)C1. The van der Waals surface area contributed by atoms with Crippen LogP contribution in [0.15, 0.2) is 4.60 Å². The van der Waals surface area contributed by atoms with Gasteiger partial charge in [-0.2, -0.15) is 10.4 Å². The number of aliphatic hydroxyl groups is 1. The Balaban J connectivity index is 2.16. The number of likely N-dealkylation sites (tertiary alicyclic amines) is 1. The van der Waals surface area contributed by atoms with Crippen LogP contribution in [0.25, 0.3) is 0 Å². The number of carbonyl (C=O) groups is 1. The van der Waals surface area contributed by atoms with E-state index in [9.17, 15) is 10.1 Å². The molecule has 2 heterocycles. The zero-order valence-electron chi connectivity index (χ0n) is 14.0. The number of hydrogen-bond acceptors (Lipinski definition) is 6. The summed E-state index contributed by atoms with van der Waals surface area (Å²) >= 11 is 3.29. The predicted molar refractivity (Wildman–Crippen MR) is 91.7 cm³/mol. The van der Waals surface area contributed by atoms with Crippen LogP contribution in [0, 0.1) is 11.3 Å². The molecule has 0 radical (unpaired) electrons. The number of hydrogen-bond donors (Lipinski definition) is 2. The van der Waals surface area contributed by atoms with E-state index in [0.717, 1.165) is 0 Å². The number of nitriles is 1. The van der Waals surface area contributed by atoms with Gasteiger partial charge >= 0.3 is 6.09 Å². The zero-order valence-corrected chi connectivity index (χ0v) is 15.6. The normalized spacial score (nSPS) is 17.7. The molecule has 0 aromatic carbocycles. The topological polar surface area (TPSA) is 103 Å². The Labute approximate surface area is 149 Å². The van der Waals surface area contributed by atoms with E-state index in [2.05, 4.69) is 32.4 Å². The number of aromatic nitrogens is 2. The zero-order chi connectivity index (χ0) is 17.9. The highest BCUT2D eigenvalue weighted by molar-refractivity contribution is 9.10. The van der Waals surface area contributed by atoms with Crippen molar-refractivity contribution in [1.29, 1.82) is 5.26 Å². The minimum atomic E-state index is -0.536. The van der Waals surface area contributed by atoms with Crippen molar-refractivity contribution in [3.63, 3.8) is 0 Å². The molecule has 1 aliphatic heterocycles. The van der Waals surface area contributed by atoms with E-state index < -0.39 is 5.60 Å². The molecule has 1 amide bonds. The summed E-state index contributed by atoms with van der Waals surface area (Å²) in [7, 11) is 0. The highest BCUT2D eigenvalue weighted by atomic mass is 79.9. The highest BCUT2D eigenvalue weighted by Gasteiger charge is 2.33. The third-order valence-electron chi connectivity index (χ3n) is 3.54. The number of aliphatic hydroxyl groups excluding tert-OH is 1. The molecule has 0 aliphatic carbocycles. The van der Waals surface area contributed by atoms with Crippen LogP contribution in [0.2, 0.25) is 0 Å². The van der Waals surface area contributed by atoms with Gasteiger partial charge in [0.25, 0.3) is 0 Å². The molecule has 0 spiro atoms. The fourth-order valence-electron chi connectivity index (χ4n) is 2.55. The summed E-state index contributed by atoms with van der Waals surface area (Å²) in [6.07, 6.45) is 0.369. The van der Waals surface area contributed by atoms with Gasteiger partial charge in [0.2, 0.25) is 0 Å². The summed E-state index contributed by atoms with van der Waals surface area (Å²) in [5.41, 5.74) is -0.148. The second-order valence-electron chi connectivity index (χ2n) is 6.59. The molecule has 1 aromatic heterocycles. The minimum Gasteiger partial charge on any atom is -0.444 e. The van der Waals surface area contributed by atoms with Crippen molar-refractivity contribution in [3.8, 4) is 6.07 Å². The summed E-state index contributed by atoms with van der Waals surface area (Å²) < 4.78 is 7.55. The molecule has 2 N–H and O–H groups in total. The van der Waals surface area contributed by atoms with Gasteiger partial charge in [-0.05, 0) is 43.1 Å². The largest absolute Gasteiger partial charge is 0.444 e. The van der Waals surface area contributed by atoms with Crippen LogP contribution in [0.5, 0.6) is 0 Å². The van der Waals surface area contributed by atoms with Crippen molar-refractivity contribution in [2.24, 2.45) is 0 Å². The number of halogens is 1. The van der Waals surface area contributed by atoms with E-state index in [-0.39, 0.29) is 18.7 Å². The summed E-state index contributed by atoms with van der Waals surface area (Å²) in [6.45, 7) is 6.79. The summed E-state index contributed by atoms with van der Waals surface area (Å²) in [4.78, 5) is 13.8. The lowest BCUT2D eigenvalue weighted by Gasteiger charge is -2.24. The molecule has 0 unspecified atom stereocenters. The lowest BCUT2D eigenvalue weighted by atomic mass is 10.2. The van der Waals surface area contributed by atoms with Gasteiger partial charge in [0.05, 0.1) is 12.6 Å². The summed E-state index contributed by atoms with van der Waals surface area (Å²) in [5.74, 6) is 0.550. The Hall–Kier alpha value is -1.79. The molecule has 8 nitrogen and oxygen atoms in total. The monoisotopic (exact) mass is 399 g/mol. The molecule has 1 saturated heterocycles. The Morgan fingerprint density at radius 2 is 2.29 bits per heavy atom. The van der Waals surface area contributed by atoms with Crippen LogP contribution >= 0.6 is 15.9 Å². The Morgan fingerprint density at radius 1 is 1.58 bits per heavy atom. The number of anilines is 1. The van der Waals surface area contributed by atoms with Crippen LogP contribution in [0.1, 0.15) is 38.8 Å². The average molecular weight is 400 g/mol. The van der Waals surface area contributed by atoms with Gasteiger partial charge in [0.15, 0.2) is 0 Å². The van der Waals surface area contributed by atoms with Gasteiger partial charge in [-0.15, -0.1) is 0 Å². The quantitative estimate of drug-likeness (QED) is 0.803. The first-order valence-electron chi connectivity index (χ1n) is 7.77. The molecule has 1 fully saturated rings. The molecule has 1 atom stereocenters. The fraction of sp³-hybridized carbons (Fsp3) is 0.667. The lowest BCUT2D eigenvalue weighted by molar-refractivity contribution is 0.0288. The maximum Gasteiger partial charge on any atom is 0.410 e. The first-order valence-corrected chi connectivity index (χ1v) is 8.57. The third-order valence-corrected chi connectivity index (χ3v) is 4.10. The predicted octanol–water partition coefficient (Wildman–Crippen LogP) is 2.10. The Morgan fingerprint density at radius 3 is 2.88 bits per heavy atom. The van der Waals surface area contributed by atoms with E-state index >= 15 is 0 Å². The van der Waals surface area contributed by atoms with E-state index in [4.69, 9.17) is 9.84 Å². The van der Waals surface area contributed by atoms with Crippen LogP contribution in [-0.4, -0.2) is 57.7 Å². The maximum absolute atomic E-state index is 12.2. The second kappa shape index (κ2) is 7.40. The fourth-order valence-corrected chi connectivity index (χ4v) is 2.99. The first-order chi connectivity index (χ1) is 11.3. The molecular weight excluding hydrogens is 378 g/mol. The molecule has 132 valence electrons. The number of rotatable bonds is 4. The molecule has 1 aromatic rings. The molecule has 9 heteroatoms. The van der Waals surface area contributed by atoms with Gasteiger partial charge in [0.1, 0.15) is 27.7 Å². The molecule has 1 aliphatic rings. The van der Waals surface area contributed by atoms with E-state index in [0.29, 0.717) is 42.0 Å². The Kier molecular flexibility index (Phi) is 5.72. The summed E-state index contributed by atoms with van der Waals surface area (Å²) in [6, 6.07) is 2.04. The van der Waals surface area contributed by atoms with Gasteiger partial charge < -0.3 is 20.1 Å². The lowest BCUT2D eigenvalue weighted by Crippen LogP contribution is -2.35. The van der Waals surface area contributed by atoms with Gasteiger partial charge in [0, 0.05) is 19.6 Å². The van der Waals surface area contributed by atoms with E-state index in [1.54, 1.807) is 9.58 Å². The summed E-state index contributed by atoms with van der Waals surface area (Å²) in [5, 5.41) is 25.7. The van der Waals surface area contributed by atoms with E-state index in [1.165, 1.54) is 0 Å².